The molecule has 4 rings (SSSR count). The number of hydrogen-bond acceptors (Lipinski definition) is 1. The third-order valence-electron chi connectivity index (χ3n) is 6.22. The molecule has 0 aromatic heterocycles. The van der Waals surface area contributed by atoms with E-state index in [0.717, 1.165) is 13.1 Å². The third-order valence-corrected chi connectivity index (χ3v) is 11.2. The second-order valence-corrected chi connectivity index (χ2v) is 13.4. The van der Waals surface area contributed by atoms with Crippen molar-refractivity contribution in [1.82, 2.24) is 4.90 Å². The fourth-order valence-corrected chi connectivity index (χ4v) is 9.00. The summed E-state index contributed by atoms with van der Waals surface area (Å²) in [5.41, 5.74) is 0. The molecule has 0 unspecified atom stereocenters. The standard InChI is InChI=1S/C31H35NP2/c1-27(2)32(23-25-33(28-15-7-3-8-16-28)29-17-9-4-10-18-29)24-26-34(30-19-11-5-12-20-30)31-21-13-6-14-22-31/h3-22,27H,23-26H2,1-2H3. The predicted octanol–water partition coefficient (Wildman–Crippen LogP) is 5.96. The first-order valence-electron chi connectivity index (χ1n) is 12.2. The Labute approximate surface area is 208 Å². The number of nitrogens with zero attached hydrogens (tertiary/aromatic N) is 1. The molecule has 1 nitrogen and oxygen atoms in total. The maximum Gasteiger partial charge on any atom is 0.00388 e. The summed E-state index contributed by atoms with van der Waals surface area (Å²) in [7, 11) is -0.716. The van der Waals surface area contributed by atoms with Crippen LogP contribution in [0.4, 0.5) is 0 Å². The predicted molar refractivity (Wildman–Crippen MR) is 155 cm³/mol. The van der Waals surface area contributed by atoms with E-state index in [-0.39, 0.29) is 15.8 Å². The van der Waals surface area contributed by atoms with Gasteiger partial charge in [-0.2, -0.15) is 0 Å². The van der Waals surface area contributed by atoms with Crippen molar-refractivity contribution in [3.63, 3.8) is 0 Å². The van der Waals surface area contributed by atoms with Crippen LogP contribution in [0.3, 0.4) is 0 Å². The summed E-state index contributed by atoms with van der Waals surface area (Å²) in [6.07, 6.45) is 2.38. The minimum Gasteiger partial charge on any atom is -0.300 e. The van der Waals surface area contributed by atoms with Crippen LogP contribution >= 0.6 is 15.8 Å². The van der Waals surface area contributed by atoms with E-state index in [1.807, 2.05) is 0 Å². The Morgan fingerprint density at radius 2 is 0.735 bits per heavy atom. The summed E-state index contributed by atoms with van der Waals surface area (Å²) >= 11 is 0. The molecular formula is C31H35NP2. The van der Waals surface area contributed by atoms with Crippen LogP contribution in [0, 0.1) is 0 Å². The first kappa shape index (κ1) is 24.8. The molecule has 0 aliphatic carbocycles. The molecule has 174 valence electrons. The summed E-state index contributed by atoms with van der Waals surface area (Å²) in [6, 6.07) is 44.9. The summed E-state index contributed by atoms with van der Waals surface area (Å²) < 4.78 is 0. The van der Waals surface area contributed by atoms with Gasteiger partial charge in [0.1, 0.15) is 0 Å². The Morgan fingerprint density at radius 3 is 0.971 bits per heavy atom. The Hall–Kier alpha value is -2.30. The second-order valence-electron chi connectivity index (χ2n) is 8.78. The fourth-order valence-electron chi connectivity index (χ4n) is 4.33. The van der Waals surface area contributed by atoms with E-state index in [2.05, 4.69) is 140 Å². The summed E-state index contributed by atoms with van der Waals surface area (Å²) in [5, 5.41) is 5.90. The summed E-state index contributed by atoms with van der Waals surface area (Å²) in [4.78, 5) is 2.70. The summed E-state index contributed by atoms with van der Waals surface area (Å²) in [6.45, 7) is 6.95. The van der Waals surface area contributed by atoms with Crippen molar-refractivity contribution in [3.05, 3.63) is 121 Å². The molecule has 34 heavy (non-hydrogen) atoms. The van der Waals surface area contributed by atoms with E-state index >= 15 is 0 Å². The highest BCUT2D eigenvalue weighted by atomic mass is 31.1. The van der Waals surface area contributed by atoms with Gasteiger partial charge in [0.2, 0.25) is 0 Å². The zero-order chi connectivity index (χ0) is 23.6. The monoisotopic (exact) mass is 483 g/mol. The zero-order valence-corrected chi connectivity index (χ0v) is 22.1. The molecule has 0 amide bonds. The van der Waals surface area contributed by atoms with Gasteiger partial charge in [-0.3, -0.25) is 0 Å². The van der Waals surface area contributed by atoms with Gasteiger partial charge in [0.05, 0.1) is 0 Å². The maximum absolute atomic E-state index is 2.70. The van der Waals surface area contributed by atoms with Gasteiger partial charge in [0.25, 0.3) is 0 Å². The maximum atomic E-state index is 2.70. The molecule has 0 saturated carbocycles. The smallest absolute Gasteiger partial charge is 0.00388 e. The van der Waals surface area contributed by atoms with Crippen LogP contribution in [-0.2, 0) is 0 Å². The van der Waals surface area contributed by atoms with Gasteiger partial charge in [-0.1, -0.05) is 121 Å². The van der Waals surface area contributed by atoms with Gasteiger partial charge in [-0.25, -0.2) is 0 Å². The first-order chi connectivity index (χ1) is 16.7. The highest BCUT2D eigenvalue weighted by Gasteiger charge is 2.19. The minimum absolute atomic E-state index is 0.358. The zero-order valence-electron chi connectivity index (χ0n) is 20.3. The van der Waals surface area contributed by atoms with Crippen molar-refractivity contribution in [2.24, 2.45) is 0 Å². The first-order valence-corrected chi connectivity index (χ1v) is 15.3. The Morgan fingerprint density at radius 1 is 0.471 bits per heavy atom. The van der Waals surface area contributed by atoms with Crippen molar-refractivity contribution in [2.45, 2.75) is 19.9 Å². The molecule has 0 radical (unpaired) electrons. The van der Waals surface area contributed by atoms with Crippen LogP contribution in [0.2, 0.25) is 0 Å². The van der Waals surface area contributed by atoms with E-state index in [1.165, 1.54) is 33.5 Å². The largest absolute Gasteiger partial charge is 0.300 e. The molecule has 0 atom stereocenters. The summed E-state index contributed by atoms with van der Waals surface area (Å²) in [5.74, 6) is 0. The Kier molecular flexibility index (Phi) is 9.46. The van der Waals surface area contributed by atoms with E-state index in [1.54, 1.807) is 0 Å². The normalized spacial score (nSPS) is 11.6. The average molecular weight is 484 g/mol. The molecule has 4 aromatic carbocycles. The molecule has 0 aliphatic rings. The topological polar surface area (TPSA) is 3.24 Å². The van der Waals surface area contributed by atoms with Crippen LogP contribution in [-0.4, -0.2) is 36.4 Å². The number of hydrogen-bond donors (Lipinski definition) is 0. The second kappa shape index (κ2) is 13.0. The molecular weight excluding hydrogens is 448 g/mol. The van der Waals surface area contributed by atoms with E-state index in [9.17, 15) is 0 Å². The average Bonchev–Trinajstić information content (AvgIpc) is 2.90. The van der Waals surface area contributed by atoms with Crippen molar-refractivity contribution >= 4 is 37.1 Å². The Balaban J connectivity index is 1.49. The van der Waals surface area contributed by atoms with E-state index in [0.29, 0.717) is 6.04 Å². The minimum atomic E-state index is -0.358. The quantitative estimate of drug-likeness (QED) is 0.238. The van der Waals surface area contributed by atoms with Crippen molar-refractivity contribution in [1.29, 1.82) is 0 Å². The molecule has 0 fully saturated rings. The van der Waals surface area contributed by atoms with Crippen LogP contribution in [0.1, 0.15) is 13.8 Å². The lowest BCUT2D eigenvalue weighted by Crippen LogP contribution is -2.37. The van der Waals surface area contributed by atoms with Crippen molar-refractivity contribution in [3.8, 4) is 0 Å². The number of rotatable bonds is 11. The highest BCUT2D eigenvalue weighted by Crippen LogP contribution is 2.35. The lowest BCUT2D eigenvalue weighted by molar-refractivity contribution is 0.250. The van der Waals surface area contributed by atoms with Gasteiger partial charge >= 0.3 is 0 Å². The van der Waals surface area contributed by atoms with E-state index in [4.69, 9.17) is 0 Å². The van der Waals surface area contributed by atoms with Crippen molar-refractivity contribution in [2.75, 3.05) is 25.4 Å². The molecule has 0 N–H and O–H groups in total. The highest BCUT2D eigenvalue weighted by molar-refractivity contribution is 7.73. The lowest BCUT2D eigenvalue weighted by Gasteiger charge is -2.31. The SMILES string of the molecule is CC(C)N(CCP(c1ccccc1)c1ccccc1)CCP(c1ccccc1)c1ccccc1. The van der Waals surface area contributed by atoms with Gasteiger partial charge in [0.15, 0.2) is 0 Å². The molecule has 0 saturated heterocycles. The third kappa shape index (κ3) is 6.86. The fraction of sp³-hybridized carbons (Fsp3) is 0.226. The molecule has 0 spiro atoms. The van der Waals surface area contributed by atoms with Crippen LogP contribution in [0.15, 0.2) is 121 Å². The molecule has 3 heteroatoms. The van der Waals surface area contributed by atoms with Crippen LogP contribution < -0.4 is 21.2 Å². The molecule has 0 aliphatic heterocycles. The number of benzene rings is 4. The molecule has 0 heterocycles. The van der Waals surface area contributed by atoms with Gasteiger partial charge in [0, 0.05) is 19.1 Å². The van der Waals surface area contributed by atoms with Crippen LogP contribution in [0.5, 0.6) is 0 Å². The van der Waals surface area contributed by atoms with Crippen molar-refractivity contribution < 1.29 is 0 Å². The van der Waals surface area contributed by atoms with Gasteiger partial charge in [-0.05, 0) is 63.2 Å². The van der Waals surface area contributed by atoms with Gasteiger partial charge in [-0.15, -0.1) is 0 Å². The van der Waals surface area contributed by atoms with E-state index < -0.39 is 0 Å². The lowest BCUT2D eigenvalue weighted by atomic mass is 10.3. The Bertz CT molecular complexity index is 919. The molecule has 4 aromatic rings. The van der Waals surface area contributed by atoms with Gasteiger partial charge < -0.3 is 4.90 Å². The van der Waals surface area contributed by atoms with Crippen LogP contribution in [0.25, 0.3) is 0 Å². The molecule has 0 bridgehead atoms.